The van der Waals surface area contributed by atoms with Crippen LogP contribution in [0.5, 0.6) is 0 Å². The predicted octanol–water partition coefficient (Wildman–Crippen LogP) is 5.26. The van der Waals surface area contributed by atoms with Crippen LogP contribution in [0.25, 0.3) is 22.8 Å². The third-order valence-electron chi connectivity index (χ3n) is 6.18. The van der Waals surface area contributed by atoms with Crippen molar-refractivity contribution in [1.29, 1.82) is 0 Å². The van der Waals surface area contributed by atoms with Gasteiger partial charge in [0.25, 0.3) is 5.91 Å². The molecule has 12 heteroatoms. The number of ether oxygens (including phenoxy) is 1. The number of hydrogen-bond acceptors (Lipinski definition) is 8. The zero-order valence-corrected chi connectivity index (χ0v) is 25.9. The van der Waals surface area contributed by atoms with Crippen molar-refractivity contribution >= 4 is 44.7 Å². The van der Waals surface area contributed by atoms with Gasteiger partial charge in [0.2, 0.25) is 0 Å². The normalized spacial score (nSPS) is 13.0. The fourth-order valence-electron chi connectivity index (χ4n) is 4.24. The van der Waals surface area contributed by atoms with Gasteiger partial charge < -0.3 is 14.6 Å². The molecule has 0 aliphatic heterocycles. The minimum absolute atomic E-state index is 0.155. The highest BCUT2D eigenvalue weighted by atomic mass is 32.2. The summed E-state index contributed by atoms with van der Waals surface area (Å²) in [5.41, 5.74) is 2.14. The Morgan fingerprint density at radius 1 is 1.14 bits per heavy atom. The summed E-state index contributed by atoms with van der Waals surface area (Å²) in [6, 6.07) is 9.73. The Bertz CT molecular complexity index is 1690. The molecule has 0 aliphatic rings. The maximum absolute atomic E-state index is 13.8. The van der Waals surface area contributed by atoms with Crippen LogP contribution < -0.4 is 5.32 Å². The molecule has 1 N–H and O–H groups in total. The Labute approximate surface area is 254 Å². The van der Waals surface area contributed by atoms with Gasteiger partial charge >= 0.3 is 5.97 Å². The number of amides is 1. The highest BCUT2D eigenvalue weighted by Gasteiger charge is 2.29. The van der Waals surface area contributed by atoms with Crippen LogP contribution in [-0.2, 0) is 25.9 Å². The van der Waals surface area contributed by atoms with Crippen LogP contribution >= 0.6 is 11.3 Å². The first kappa shape index (κ1) is 31.8. The molecule has 0 unspecified atom stereocenters. The molecular weight excluding hydrogens is 591 g/mol. The maximum Gasteiger partial charge on any atom is 0.329 e. The first-order valence-corrected chi connectivity index (χ1v) is 16.4. The summed E-state index contributed by atoms with van der Waals surface area (Å²) in [4.78, 5) is 35.2. The summed E-state index contributed by atoms with van der Waals surface area (Å²) in [7, 11) is -3.42. The molecule has 226 valence electrons. The number of carbonyl (C=O) groups is 2. The number of sulfone groups is 1. The van der Waals surface area contributed by atoms with Crippen molar-refractivity contribution in [1.82, 2.24) is 19.9 Å². The Morgan fingerprint density at radius 2 is 1.88 bits per heavy atom. The number of thiazole rings is 1. The van der Waals surface area contributed by atoms with Crippen LogP contribution in [0.2, 0.25) is 0 Å². The largest absolute Gasteiger partial charge is 0.458 e. The molecule has 1 amide bonds. The molecular formula is C31H33FN4O5S2. The summed E-state index contributed by atoms with van der Waals surface area (Å²) in [6.07, 6.45) is 9.85. The molecule has 0 bridgehead atoms. The molecule has 4 rings (SSSR count). The molecule has 0 saturated carbocycles. The number of carbonyl (C=O) groups excluding carboxylic acids is 2. The number of halogens is 1. The first-order chi connectivity index (χ1) is 20.3. The van der Waals surface area contributed by atoms with E-state index in [2.05, 4.69) is 15.3 Å². The average Bonchev–Trinajstić information content (AvgIpc) is 3.64. The van der Waals surface area contributed by atoms with E-state index in [1.54, 1.807) is 63.8 Å². The molecule has 9 nitrogen and oxygen atoms in total. The highest BCUT2D eigenvalue weighted by Crippen LogP contribution is 2.29. The lowest BCUT2D eigenvalue weighted by Gasteiger charge is -2.25. The van der Waals surface area contributed by atoms with Crippen molar-refractivity contribution in [2.75, 3.05) is 12.0 Å². The Kier molecular flexibility index (Phi) is 9.92. The summed E-state index contributed by atoms with van der Waals surface area (Å²) in [5, 5.41) is 5.39. The highest BCUT2D eigenvalue weighted by molar-refractivity contribution is 7.90. The van der Waals surface area contributed by atoms with Gasteiger partial charge in [-0.3, -0.25) is 4.79 Å². The number of nitrogens with one attached hydrogen (secondary N) is 1. The number of allylic oxidation sites excluding steroid dienone is 1. The van der Waals surface area contributed by atoms with E-state index in [0.29, 0.717) is 17.7 Å². The standard InChI is InChI=1S/C31H33FN4O5S2/c1-31(2,3)41-30(38)27(11-16-43(4,39)40)35-28(37)25-10-5-21(18-26(25)22-6-8-24(32)9-7-22)17-23(29-34-13-15-42-29)19-36-14-12-33-20-36/h5-10,12-15,17-18,20,27H,11,16,19H2,1-4H3,(H,35,37)/t27-/m0/s1. The molecule has 4 aromatic rings. The summed E-state index contributed by atoms with van der Waals surface area (Å²) < 4.78 is 44.9. The van der Waals surface area contributed by atoms with E-state index in [0.717, 1.165) is 22.4 Å². The Hall–Kier alpha value is -4.16. The molecule has 0 saturated heterocycles. The van der Waals surface area contributed by atoms with Gasteiger partial charge in [-0.05, 0) is 74.2 Å². The summed E-state index contributed by atoms with van der Waals surface area (Å²) >= 11 is 1.50. The minimum atomic E-state index is -3.42. The van der Waals surface area contributed by atoms with Crippen molar-refractivity contribution in [3.05, 3.63) is 94.7 Å². The summed E-state index contributed by atoms with van der Waals surface area (Å²) in [6.45, 7) is 5.57. The second-order valence-electron chi connectivity index (χ2n) is 11.0. The minimum Gasteiger partial charge on any atom is -0.458 e. The third kappa shape index (κ3) is 9.42. The number of aromatic nitrogens is 3. The molecule has 2 aromatic carbocycles. The fraction of sp³-hybridized carbons (Fsp3) is 0.290. The monoisotopic (exact) mass is 624 g/mol. The SMILES string of the molecule is CC(C)(C)OC(=O)[C@H](CCS(C)(=O)=O)NC(=O)c1ccc(C=C(Cn2ccnc2)c2nccs2)cc1-c1ccc(F)cc1. The average molecular weight is 625 g/mol. The van der Waals surface area contributed by atoms with Crippen molar-refractivity contribution in [2.45, 2.75) is 45.4 Å². The van der Waals surface area contributed by atoms with Crippen LogP contribution in [0.4, 0.5) is 4.39 Å². The second kappa shape index (κ2) is 13.4. The third-order valence-corrected chi connectivity index (χ3v) is 8.00. The first-order valence-electron chi connectivity index (χ1n) is 13.4. The lowest BCUT2D eigenvalue weighted by Crippen LogP contribution is -2.45. The molecule has 0 fully saturated rings. The quantitative estimate of drug-likeness (QED) is 0.226. The number of imidazole rings is 1. The number of esters is 1. The zero-order valence-electron chi connectivity index (χ0n) is 24.3. The van der Waals surface area contributed by atoms with E-state index in [1.807, 2.05) is 28.3 Å². The molecule has 43 heavy (non-hydrogen) atoms. The number of hydrogen-bond donors (Lipinski definition) is 1. The van der Waals surface area contributed by atoms with Crippen molar-refractivity contribution in [2.24, 2.45) is 0 Å². The van der Waals surface area contributed by atoms with E-state index in [9.17, 15) is 22.4 Å². The lowest BCUT2D eigenvalue weighted by atomic mass is 9.95. The van der Waals surface area contributed by atoms with Gasteiger partial charge in [-0.15, -0.1) is 11.3 Å². The molecule has 1 atom stereocenters. The Balaban J connectivity index is 1.73. The van der Waals surface area contributed by atoms with Crippen LogP contribution in [-0.4, -0.2) is 58.5 Å². The van der Waals surface area contributed by atoms with Gasteiger partial charge in [0.05, 0.1) is 18.6 Å². The number of rotatable bonds is 11. The number of nitrogens with zero attached hydrogens (tertiary/aromatic N) is 3. The van der Waals surface area contributed by atoms with E-state index in [1.165, 1.54) is 23.5 Å². The molecule has 0 aliphatic carbocycles. The predicted molar refractivity (Wildman–Crippen MR) is 165 cm³/mol. The van der Waals surface area contributed by atoms with Gasteiger partial charge in [0.1, 0.15) is 32.3 Å². The van der Waals surface area contributed by atoms with Crippen molar-refractivity contribution < 1.29 is 27.1 Å². The summed E-state index contributed by atoms with van der Waals surface area (Å²) in [5.74, 6) is -2.08. The number of benzene rings is 2. The van der Waals surface area contributed by atoms with Crippen LogP contribution in [0.15, 0.2) is 72.8 Å². The topological polar surface area (TPSA) is 120 Å². The zero-order chi connectivity index (χ0) is 31.2. The molecule has 0 spiro atoms. The van der Waals surface area contributed by atoms with Crippen molar-refractivity contribution in [3.63, 3.8) is 0 Å². The fourth-order valence-corrected chi connectivity index (χ4v) is 5.55. The van der Waals surface area contributed by atoms with Gasteiger partial charge in [-0.1, -0.05) is 18.2 Å². The van der Waals surface area contributed by atoms with E-state index < -0.39 is 39.2 Å². The van der Waals surface area contributed by atoms with E-state index in [-0.39, 0.29) is 17.7 Å². The van der Waals surface area contributed by atoms with Gasteiger partial charge in [-0.25, -0.2) is 27.6 Å². The lowest BCUT2D eigenvalue weighted by molar-refractivity contribution is -0.157. The van der Waals surface area contributed by atoms with Crippen LogP contribution in [0.3, 0.4) is 0 Å². The van der Waals surface area contributed by atoms with Crippen LogP contribution in [0, 0.1) is 5.82 Å². The molecule has 0 radical (unpaired) electrons. The van der Waals surface area contributed by atoms with E-state index in [4.69, 9.17) is 4.74 Å². The Morgan fingerprint density at radius 3 is 2.49 bits per heavy atom. The molecule has 2 heterocycles. The second-order valence-corrected chi connectivity index (χ2v) is 14.2. The van der Waals surface area contributed by atoms with Gasteiger partial charge in [0, 0.05) is 41.4 Å². The van der Waals surface area contributed by atoms with Gasteiger partial charge in [0.15, 0.2) is 0 Å². The van der Waals surface area contributed by atoms with Crippen molar-refractivity contribution in [3.8, 4) is 11.1 Å². The van der Waals surface area contributed by atoms with Crippen LogP contribution in [0.1, 0.15) is 48.1 Å². The van der Waals surface area contributed by atoms with Gasteiger partial charge in [-0.2, -0.15) is 0 Å². The maximum atomic E-state index is 13.8. The molecule has 2 aromatic heterocycles. The van der Waals surface area contributed by atoms with E-state index >= 15 is 0 Å². The smallest absolute Gasteiger partial charge is 0.329 e.